The fourth-order valence-electron chi connectivity index (χ4n) is 2.96. The Labute approximate surface area is 107 Å². The van der Waals surface area contributed by atoms with Crippen molar-refractivity contribution in [2.45, 2.75) is 31.7 Å². The monoisotopic (exact) mass is 249 g/mol. The van der Waals surface area contributed by atoms with E-state index in [0.717, 1.165) is 31.1 Å². The summed E-state index contributed by atoms with van der Waals surface area (Å²) in [5, 5.41) is 0. The minimum Gasteiger partial charge on any atom is -0.454 e. The van der Waals surface area contributed by atoms with E-state index in [1.165, 1.54) is 11.1 Å². The quantitative estimate of drug-likeness (QED) is 0.886. The van der Waals surface area contributed by atoms with Crippen molar-refractivity contribution in [3.05, 3.63) is 23.3 Å². The van der Waals surface area contributed by atoms with Gasteiger partial charge in [0.1, 0.15) is 0 Å². The first-order chi connectivity index (χ1) is 8.61. The third kappa shape index (κ3) is 1.76. The van der Waals surface area contributed by atoms with E-state index in [4.69, 9.17) is 19.9 Å². The zero-order chi connectivity index (χ0) is 12.8. The van der Waals surface area contributed by atoms with E-state index < -0.39 is 0 Å². The second kappa shape index (κ2) is 4.14. The average molecular weight is 249 g/mol. The summed E-state index contributed by atoms with van der Waals surface area (Å²) >= 11 is 0. The second-order valence-corrected chi connectivity index (χ2v) is 5.47. The smallest absolute Gasteiger partial charge is 0.231 e. The van der Waals surface area contributed by atoms with Gasteiger partial charge in [-0.1, -0.05) is 0 Å². The largest absolute Gasteiger partial charge is 0.454 e. The van der Waals surface area contributed by atoms with E-state index in [9.17, 15) is 0 Å². The van der Waals surface area contributed by atoms with Crippen molar-refractivity contribution in [2.24, 2.45) is 5.73 Å². The molecule has 0 aliphatic carbocycles. The maximum absolute atomic E-state index is 5.98. The Hall–Kier alpha value is -1.26. The van der Waals surface area contributed by atoms with Gasteiger partial charge in [0.25, 0.3) is 0 Å². The summed E-state index contributed by atoms with van der Waals surface area (Å²) in [6.07, 6.45) is 0.938. The summed E-state index contributed by atoms with van der Waals surface area (Å²) < 4.78 is 16.3. The first kappa shape index (κ1) is 11.8. The van der Waals surface area contributed by atoms with Gasteiger partial charge in [0.05, 0.1) is 13.2 Å². The maximum atomic E-state index is 5.98. The molecule has 1 atom stereocenters. The van der Waals surface area contributed by atoms with Crippen molar-refractivity contribution in [1.82, 2.24) is 0 Å². The molecule has 4 heteroatoms. The van der Waals surface area contributed by atoms with Crippen LogP contribution in [-0.4, -0.2) is 26.0 Å². The minimum absolute atomic E-state index is 0.0548. The van der Waals surface area contributed by atoms with Gasteiger partial charge in [0.2, 0.25) is 6.79 Å². The third-order valence-corrected chi connectivity index (χ3v) is 3.76. The molecule has 0 amide bonds. The lowest BCUT2D eigenvalue weighted by molar-refractivity contribution is -0.0668. The molecule has 1 aromatic carbocycles. The maximum Gasteiger partial charge on any atom is 0.231 e. The van der Waals surface area contributed by atoms with Gasteiger partial charge < -0.3 is 19.9 Å². The molecule has 3 rings (SSSR count). The third-order valence-electron chi connectivity index (χ3n) is 3.76. The SMILES string of the molecule is Cc1cc2c(cc1C1(CC(C)N)COC1)OCO2. The van der Waals surface area contributed by atoms with Crippen LogP contribution >= 0.6 is 0 Å². The normalized spacial score (nSPS) is 21.5. The summed E-state index contributed by atoms with van der Waals surface area (Å²) in [7, 11) is 0. The van der Waals surface area contributed by atoms with Crippen LogP contribution in [0.3, 0.4) is 0 Å². The van der Waals surface area contributed by atoms with E-state index in [-0.39, 0.29) is 11.5 Å². The highest BCUT2D eigenvalue weighted by atomic mass is 16.7. The molecular weight excluding hydrogens is 230 g/mol. The Morgan fingerprint density at radius 3 is 2.50 bits per heavy atom. The van der Waals surface area contributed by atoms with Crippen molar-refractivity contribution < 1.29 is 14.2 Å². The van der Waals surface area contributed by atoms with Gasteiger partial charge in [-0.05, 0) is 43.5 Å². The van der Waals surface area contributed by atoms with Gasteiger partial charge in [-0.2, -0.15) is 0 Å². The summed E-state index contributed by atoms with van der Waals surface area (Å²) in [4.78, 5) is 0. The molecule has 0 bridgehead atoms. The fourth-order valence-corrected chi connectivity index (χ4v) is 2.96. The molecule has 0 radical (unpaired) electrons. The molecule has 2 aliphatic rings. The number of ether oxygens (including phenoxy) is 3. The van der Waals surface area contributed by atoms with E-state index in [0.29, 0.717) is 6.79 Å². The molecule has 1 saturated heterocycles. The molecule has 2 aliphatic heterocycles. The van der Waals surface area contributed by atoms with Crippen molar-refractivity contribution in [3.8, 4) is 11.5 Å². The predicted molar refractivity (Wildman–Crippen MR) is 68.1 cm³/mol. The Morgan fingerprint density at radius 2 is 1.94 bits per heavy atom. The lowest BCUT2D eigenvalue weighted by Gasteiger charge is -2.44. The number of aryl methyl sites for hydroxylation is 1. The molecule has 4 nitrogen and oxygen atoms in total. The zero-order valence-corrected chi connectivity index (χ0v) is 10.9. The van der Waals surface area contributed by atoms with Crippen molar-refractivity contribution in [1.29, 1.82) is 0 Å². The standard InChI is InChI=1S/C14H19NO3/c1-9-3-12-13(18-8-17-12)4-11(9)14(5-10(2)15)6-16-7-14/h3-4,10H,5-8,15H2,1-2H3. The van der Waals surface area contributed by atoms with Gasteiger partial charge in [0.15, 0.2) is 11.5 Å². The van der Waals surface area contributed by atoms with Crippen LogP contribution in [0.5, 0.6) is 11.5 Å². The number of benzene rings is 1. The van der Waals surface area contributed by atoms with Gasteiger partial charge in [-0.15, -0.1) is 0 Å². The highest BCUT2D eigenvalue weighted by molar-refractivity contribution is 5.51. The number of rotatable bonds is 3. The highest BCUT2D eigenvalue weighted by Gasteiger charge is 2.42. The Bertz CT molecular complexity index is 466. The molecule has 0 spiro atoms. The van der Waals surface area contributed by atoms with Gasteiger partial charge in [0, 0.05) is 11.5 Å². The Kier molecular flexibility index (Phi) is 2.72. The van der Waals surface area contributed by atoms with Crippen LogP contribution in [0.2, 0.25) is 0 Å². The molecule has 2 heterocycles. The van der Waals surface area contributed by atoms with Crippen LogP contribution in [0, 0.1) is 6.92 Å². The van der Waals surface area contributed by atoms with Crippen LogP contribution < -0.4 is 15.2 Å². The van der Waals surface area contributed by atoms with Crippen LogP contribution in [0.4, 0.5) is 0 Å². The molecule has 18 heavy (non-hydrogen) atoms. The highest BCUT2D eigenvalue weighted by Crippen LogP contribution is 2.43. The van der Waals surface area contributed by atoms with E-state index in [1.54, 1.807) is 0 Å². The minimum atomic E-state index is 0.0548. The van der Waals surface area contributed by atoms with Gasteiger partial charge in [-0.3, -0.25) is 0 Å². The van der Waals surface area contributed by atoms with Crippen molar-refractivity contribution >= 4 is 0 Å². The van der Waals surface area contributed by atoms with E-state index >= 15 is 0 Å². The second-order valence-electron chi connectivity index (χ2n) is 5.47. The summed E-state index contributed by atoms with van der Waals surface area (Å²) in [5.74, 6) is 1.68. The van der Waals surface area contributed by atoms with Crippen LogP contribution in [-0.2, 0) is 10.2 Å². The van der Waals surface area contributed by atoms with Gasteiger partial charge in [-0.25, -0.2) is 0 Å². The molecule has 1 fully saturated rings. The first-order valence-corrected chi connectivity index (χ1v) is 6.35. The molecule has 98 valence electrons. The number of nitrogens with two attached hydrogens (primary N) is 1. The average Bonchev–Trinajstić information content (AvgIpc) is 2.69. The van der Waals surface area contributed by atoms with Crippen LogP contribution in [0.1, 0.15) is 24.5 Å². The Balaban J connectivity index is 2.00. The topological polar surface area (TPSA) is 53.7 Å². The van der Waals surface area contributed by atoms with Crippen LogP contribution in [0.15, 0.2) is 12.1 Å². The Morgan fingerprint density at radius 1 is 1.28 bits per heavy atom. The lowest BCUT2D eigenvalue weighted by Crippen LogP contribution is -2.50. The predicted octanol–water partition coefficient (Wildman–Crippen LogP) is 1.73. The zero-order valence-electron chi connectivity index (χ0n) is 10.9. The molecule has 2 N–H and O–H groups in total. The van der Waals surface area contributed by atoms with Gasteiger partial charge >= 0.3 is 0 Å². The summed E-state index contributed by atoms with van der Waals surface area (Å²) in [6.45, 7) is 5.96. The molecule has 1 aromatic rings. The molecule has 1 unspecified atom stereocenters. The number of hydrogen-bond donors (Lipinski definition) is 1. The fraction of sp³-hybridized carbons (Fsp3) is 0.571. The lowest BCUT2D eigenvalue weighted by atomic mass is 9.72. The first-order valence-electron chi connectivity index (χ1n) is 6.35. The van der Waals surface area contributed by atoms with Crippen molar-refractivity contribution in [3.63, 3.8) is 0 Å². The van der Waals surface area contributed by atoms with E-state index in [2.05, 4.69) is 19.1 Å². The molecular formula is C14H19NO3. The molecule has 0 saturated carbocycles. The summed E-state index contributed by atoms with van der Waals surface area (Å²) in [5.41, 5.74) is 8.54. The van der Waals surface area contributed by atoms with Crippen LogP contribution in [0.25, 0.3) is 0 Å². The van der Waals surface area contributed by atoms with E-state index in [1.807, 2.05) is 6.92 Å². The number of hydrogen-bond acceptors (Lipinski definition) is 4. The summed E-state index contributed by atoms with van der Waals surface area (Å²) in [6, 6.07) is 4.32. The van der Waals surface area contributed by atoms with Crippen molar-refractivity contribution in [2.75, 3.05) is 20.0 Å². The number of fused-ring (bicyclic) bond motifs is 1. The molecule has 0 aromatic heterocycles.